The Morgan fingerprint density at radius 3 is 2.55 bits per heavy atom. The number of nitrogens with zero attached hydrogens (tertiary/aromatic N) is 1. The molecule has 3 rings (SSSR count). The van der Waals surface area contributed by atoms with Crippen LogP contribution in [-0.4, -0.2) is 13.1 Å². The molecule has 1 unspecified atom stereocenters. The van der Waals surface area contributed by atoms with Gasteiger partial charge in [-0.25, -0.2) is 4.39 Å². The van der Waals surface area contributed by atoms with Gasteiger partial charge in [0.25, 0.3) is 0 Å². The van der Waals surface area contributed by atoms with E-state index >= 15 is 0 Å². The summed E-state index contributed by atoms with van der Waals surface area (Å²) in [6.07, 6.45) is 2.32. The van der Waals surface area contributed by atoms with E-state index in [-0.39, 0.29) is 11.9 Å². The molecule has 2 aromatic carbocycles. The first kappa shape index (κ1) is 15.0. The maximum absolute atomic E-state index is 14.0. The molecule has 1 fully saturated rings. The Morgan fingerprint density at radius 1 is 1.09 bits per heavy atom. The number of nitrogens with one attached hydrogen (secondary N) is 1. The quantitative estimate of drug-likeness (QED) is 0.886. The van der Waals surface area contributed by atoms with Crippen LogP contribution < -0.4 is 10.2 Å². The SMILES string of the molecule is CC(NCc1ccc(F)c(N2CCCC2)c1)c1ccccc1. The van der Waals surface area contributed by atoms with Gasteiger partial charge in [-0.05, 0) is 43.0 Å². The Morgan fingerprint density at radius 2 is 1.82 bits per heavy atom. The summed E-state index contributed by atoms with van der Waals surface area (Å²) in [6, 6.07) is 16.1. The van der Waals surface area contributed by atoms with Crippen LogP contribution in [0.25, 0.3) is 0 Å². The molecule has 22 heavy (non-hydrogen) atoms. The second-order valence-corrected chi connectivity index (χ2v) is 5.99. The Hall–Kier alpha value is -1.87. The molecular weight excluding hydrogens is 275 g/mol. The molecular formula is C19H23FN2. The van der Waals surface area contributed by atoms with E-state index in [2.05, 4.69) is 41.4 Å². The molecule has 0 radical (unpaired) electrons. The summed E-state index contributed by atoms with van der Waals surface area (Å²) in [5.74, 6) is -0.109. The highest BCUT2D eigenvalue weighted by atomic mass is 19.1. The van der Waals surface area contributed by atoms with Crippen molar-refractivity contribution in [3.05, 3.63) is 65.5 Å². The molecule has 1 atom stereocenters. The Kier molecular flexibility index (Phi) is 4.74. The van der Waals surface area contributed by atoms with Crippen LogP contribution in [-0.2, 0) is 6.54 Å². The van der Waals surface area contributed by atoms with Gasteiger partial charge in [0.15, 0.2) is 0 Å². The predicted molar refractivity (Wildman–Crippen MR) is 89.5 cm³/mol. The molecule has 0 saturated carbocycles. The van der Waals surface area contributed by atoms with Crippen molar-refractivity contribution in [1.82, 2.24) is 5.32 Å². The normalized spacial score (nSPS) is 16.0. The van der Waals surface area contributed by atoms with Crippen LogP contribution in [0.3, 0.4) is 0 Å². The average Bonchev–Trinajstić information content (AvgIpc) is 3.09. The number of hydrogen-bond donors (Lipinski definition) is 1. The van der Waals surface area contributed by atoms with Crippen molar-refractivity contribution >= 4 is 5.69 Å². The fourth-order valence-corrected chi connectivity index (χ4v) is 3.00. The second kappa shape index (κ2) is 6.93. The fraction of sp³-hybridized carbons (Fsp3) is 0.368. The Labute approximate surface area is 132 Å². The minimum atomic E-state index is -0.109. The number of hydrogen-bond acceptors (Lipinski definition) is 2. The maximum Gasteiger partial charge on any atom is 0.146 e. The smallest absolute Gasteiger partial charge is 0.146 e. The fourth-order valence-electron chi connectivity index (χ4n) is 3.00. The van der Waals surface area contributed by atoms with Crippen molar-refractivity contribution in [2.75, 3.05) is 18.0 Å². The molecule has 2 aromatic rings. The molecule has 0 bridgehead atoms. The van der Waals surface area contributed by atoms with Gasteiger partial charge in [0.05, 0.1) is 5.69 Å². The van der Waals surface area contributed by atoms with Gasteiger partial charge in [0, 0.05) is 25.7 Å². The van der Waals surface area contributed by atoms with Crippen LogP contribution in [0.15, 0.2) is 48.5 Å². The highest BCUT2D eigenvalue weighted by molar-refractivity contribution is 5.50. The van der Waals surface area contributed by atoms with Crippen molar-refractivity contribution in [3.8, 4) is 0 Å². The molecule has 1 N–H and O–H groups in total. The van der Waals surface area contributed by atoms with E-state index in [1.165, 1.54) is 5.56 Å². The minimum Gasteiger partial charge on any atom is -0.369 e. The molecule has 0 aliphatic carbocycles. The van der Waals surface area contributed by atoms with Crippen molar-refractivity contribution < 1.29 is 4.39 Å². The van der Waals surface area contributed by atoms with Gasteiger partial charge in [-0.15, -0.1) is 0 Å². The zero-order valence-corrected chi connectivity index (χ0v) is 13.1. The van der Waals surface area contributed by atoms with Gasteiger partial charge in [-0.1, -0.05) is 36.4 Å². The predicted octanol–water partition coefficient (Wildman–Crippen LogP) is 4.28. The van der Waals surface area contributed by atoms with E-state index < -0.39 is 0 Å². The van der Waals surface area contributed by atoms with E-state index in [0.717, 1.165) is 43.7 Å². The highest BCUT2D eigenvalue weighted by Gasteiger charge is 2.16. The van der Waals surface area contributed by atoms with Crippen molar-refractivity contribution in [1.29, 1.82) is 0 Å². The molecule has 1 saturated heterocycles. The topological polar surface area (TPSA) is 15.3 Å². The Balaban J connectivity index is 1.66. The molecule has 116 valence electrons. The average molecular weight is 298 g/mol. The summed E-state index contributed by atoms with van der Waals surface area (Å²) >= 11 is 0. The summed E-state index contributed by atoms with van der Waals surface area (Å²) in [4.78, 5) is 2.15. The lowest BCUT2D eigenvalue weighted by atomic mass is 10.1. The molecule has 1 heterocycles. The van der Waals surface area contributed by atoms with Gasteiger partial charge >= 0.3 is 0 Å². The standard InChI is InChI=1S/C19H23FN2/c1-15(17-7-3-2-4-8-17)21-14-16-9-10-18(20)19(13-16)22-11-5-6-12-22/h2-4,7-10,13,15,21H,5-6,11-12,14H2,1H3. The molecule has 0 amide bonds. The van der Waals surface area contributed by atoms with Crippen molar-refractivity contribution in [2.45, 2.75) is 32.4 Å². The molecule has 0 spiro atoms. The molecule has 1 aliphatic rings. The zero-order valence-electron chi connectivity index (χ0n) is 13.1. The zero-order chi connectivity index (χ0) is 15.4. The van der Waals surface area contributed by atoms with Gasteiger partial charge in [-0.3, -0.25) is 0 Å². The number of benzene rings is 2. The third-order valence-electron chi connectivity index (χ3n) is 4.37. The van der Waals surface area contributed by atoms with Gasteiger partial charge in [-0.2, -0.15) is 0 Å². The summed E-state index contributed by atoms with van der Waals surface area (Å²) in [5.41, 5.74) is 3.15. The number of halogens is 1. The minimum absolute atomic E-state index is 0.109. The van der Waals surface area contributed by atoms with Gasteiger partial charge in [0.1, 0.15) is 5.82 Å². The molecule has 2 nitrogen and oxygen atoms in total. The maximum atomic E-state index is 14.0. The molecule has 3 heteroatoms. The largest absolute Gasteiger partial charge is 0.369 e. The molecule has 0 aromatic heterocycles. The van der Waals surface area contributed by atoms with Crippen LogP contribution in [0.2, 0.25) is 0 Å². The highest BCUT2D eigenvalue weighted by Crippen LogP contribution is 2.25. The summed E-state index contributed by atoms with van der Waals surface area (Å²) in [7, 11) is 0. The van der Waals surface area contributed by atoms with Crippen LogP contribution in [0.1, 0.15) is 36.9 Å². The van der Waals surface area contributed by atoms with Crippen molar-refractivity contribution in [3.63, 3.8) is 0 Å². The summed E-state index contributed by atoms with van der Waals surface area (Å²) < 4.78 is 14.0. The second-order valence-electron chi connectivity index (χ2n) is 5.99. The van der Waals surface area contributed by atoms with Crippen LogP contribution >= 0.6 is 0 Å². The van der Waals surface area contributed by atoms with Crippen LogP contribution in [0.5, 0.6) is 0 Å². The van der Waals surface area contributed by atoms with Gasteiger partial charge in [0.2, 0.25) is 0 Å². The van der Waals surface area contributed by atoms with Crippen molar-refractivity contribution in [2.24, 2.45) is 0 Å². The Bertz CT molecular complexity index is 606. The van der Waals surface area contributed by atoms with E-state index in [4.69, 9.17) is 0 Å². The van der Waals surface area contributed by atoms with E-state index in [1.807, 2.05) is 18.2 Å². The first-order valence-corrected chi connectivity index (χ1v) is 8.06. The lowest BCUT2D eigenvalue weighted by Gasteiger charge is -2.20. The van der Waals surface area contributed by atoms with Crippen LogP contribution in [0.4, 0.5) is 10.1 Å². The van der Waals surface area contributed by atoms with Crippen LogP contribution in [0, 0.1) is 5.82 Å². The molecule has 1 aliphatic heterocycles. The number of anilines is 1. The summed E-state index contributed by atoms with van der Waals surface area (Å²) in [6.45, 7) is 4.83. The van der Waals surface area contributed by atoms with E-state index in [0.29, 0.717) is 0 Å². The lowest BCUT2D eigenvalue weighted by Crippen LogP contribution is -2.21. The van der Waals surface area contributed by atoms with Gasteiger partial charge < -0.3 is 10.2 Å². The summed E-state index contributed by atoms with van der Waals surface area (Å²) in [5, 5.41) is 3.51. The number of rotatable bonds is 5. The monoisotopic (exact) mass is 298 g/mol. The first-order chi connectivity index (χ1) is 10.7. The van der Waals surface area contributed by atoms with E-state index in [1.54, 1.807) is 6.07 Å². The third kappa shape index (κ3) is 3.47. The lowest BCUT2D eigenvalue weighted by molar-refractivity contribution is 0.572. The van der Waals surface area contributed by atoms with E-state index in [9.17, 15) is 4.39 Å². The third-order valence-corrected chi connectivity index (χ3v) is 4.37. The first-order valence-electron chi connectivity index (χ1n) is 8.06.